The summed E-state index contributed by atoms with van der Waals surface area (Å²) in [5.74, 6) is 0. The molecular formula is C9H9OPS. The molecule has 1 aromatic carbocycles. The first kappa shape index (κ1) is 9.50. The molecule has 0 fully saturated rings. The second-order valence-electron chi connectivity index (χ2n) is 2.45. The fraction of sp³-hybridized carbons (Fsp3) is 0.222. The Hall–Kier alpha value is -0.590. The Kier molecular flexibility index (Phi) is 3.51. The lowest BCUT2D eigenvalue weighted by Gasteiger charge is -1.96. The van der Waals surface area contributed by atoms with Crippen LogP contribution >= 0.6 is 7.36 Å². The van der Waals surface area contributed by atoms with Crippen molar-refractivity contribution in [3.05, 3.63) is 35.4 Å². The normalized spacial score (nSPS) is 10.1. The maximum absolute atomic E-state index is 11.1. The van der Waals surface area contributed by atoms with Crippen molar-refractivity contribution in [3.63, 3.8) is 0 Å². The van der Waals surface area contributed by atoms with Crippen LogP contribution in [0.4, 0.5) is 0 Å². The Labute approximate surface area is 78.6 Å². The maximum atomic E-state index is 11.1. The number of rotatable bonds is 3. The van der Waals surface area contributed by atoms with Crippen molar-refractivity contribution in [2.24, 2.45) is 0 Å². The quantitative estimate of drug-likeness (QED) is 0.691. The number of carbonyl (C=O) groups is 1. The summed E-state index contributed by atoms with van der Waals surface area (Å²) in [4.78, 5) is 11.1. The molecule has 0 aliphatic rings. The predicted molar refractivity (Wildman–Crippen MR) is 54.4 cm³/mol. The van der Waals surface area contributed by atoms with Crippen molar-refractivity contribution < 1.29 is 4.79 Å². The molecule has 0 saturated heterocycles. The summed E-state index contributed by atoms with van der Waals surface area (Å²) in [5.41, 5.74) is 1.96. The Morgan fingerprint density at radius 2 is 2.00 bits per heavy atom. The Morgan fingerprint density at radius 1 is 1.42 bits per heavy atom. The minimum absolute atomic E-state index is 0.00709. The van der Waals surface area contributed by atoms with Gasteiger partial charge in [-0.15, -0.1) is 0 Å². The highest BCUT2D eigenvalue weighted by molar-refractivity contribution is 8.03. The van der Waals surface area contributed by atoms with Crippen LogP contribution in [0, 0.1) is 0 Å². The van der Waals surface area contributed by atoms with E-state index in [1.165, 1.54) is 5.56 Å². The summed E-state index contributed by atoms with van der Waals surface area (Å²) in [6.45, 7) is 2.09. The molecular weight excluding hydrogens is 187 g/mol. The maximum Gasteiger partial charge on any atom is 0.222 e. The van der Waals surface area contributed by atoms with Crippen molar-refractivity contribution >= 4 is 24.7 Å². The monoisotopic (exact) mass is 196 g/mol. The summed E-state index contributed by atoms with van der Waals surface area (Å²) in [7, 11) is 0.393. The molecule has 0 N–H and O–H groups in total. The third-order valence-electron chi connectivity index (χ3n) is 1.69. The van der Waals surface area contributed by atoms with E-state index in [0.717, 1.165) is 6.42 Å². The molecule has 0 amide bonds. The summed E-state index contributed by atoms with van der Waals surface area (Å²) >= 11 is 4.64. The summed E-state index contributed by atoms with van der Waals surface area (Å²) in [5, 5.41) is 0. The first-order valence-corrected chi connectivity index (χ1v) is 5.65. The molecule has 0 spiro atoms. The van der Waals surface area contributed by atoms with E-state index in [1.807, 2.05) is 24.3 Å². The Balaban J connectivity index is 2.91. The van der Waals surface area contributed by atoms with E-state index in [-0.39, 0.29) is 5.52 Å². The van der Waals surface area contributed by atoms with Crippen LogP contribution in [-0.4, -0.2) is 5.52 Å². The lowest BCUT2D eigenvalue weighted by Crippen LogP contribution is -1.88. The van der Waals surface area contributed by atoms with E-state index in [1.54, 1.807) is 0 Å². The zero-order valence-electron chi connectivity index (χ0n) is 6.78. The fourth-order valence-electron chi connectivity index (χ4n) is 0.936. The van der Waals surface area contributed by atoms with E-state index in [2.05, 4.69) is 18.7 Å². The highest BCUT2D eigenvalue weighted by Gasteiger charge is 2.00. The molecule has 1 aromatic rings. The number of hydrogen-bond donors (Lipinski definition) is 0. The van der Waals surface area contributed by atoms with Gasteiger partial charge in [0, 0.05) is 5.56 Å². The van der Waals surface area contributed by atoms with Crippen LogP contribution in [0.3, 0.4) is 0 Å². The molecule has 3 heteroatoms. The largest absolute Gasteiger partial charge is 0.283 e. The molecule has 0 bridgehead atoms. The lowest BCUT2D eigenvalue weighted by atomic mass is 10.1. The molecule has 0 aromatic heterocycles. The molecule has 12 heavy (non-hydrogen) atoms. The topological polar surface area (TPSA) is 17.1 Å². The molecule has 0 aliphatic carbocycles. The van der Waals surface area contributed by atoms with Crippen LogP contribution in [-0.2, 0) is 18.2 Å². The Bertz CT molecular complexity index is 292. The van der Waals surface area contributed by atoms with Gasteiger partial charge < -0.3 is 0 Å². The molecule has 0 saturated carbocycles. The number of hydrogen-bond acceptors (Lipinski definition) is 2. The van der Waals surface area contributed by atoms with Crippen LogP contribution in [0.1, 0.15) is 22.8 Å². The second kappa shape index (κ2) is 4.44. The molecule has 1 nitrogen and oxygen atoms in total. The van der Waals surface area contributed by atoms with E-state index >= 15 is 0 Å². The lowest BCUT2D eigenvalue weighted by molar-refractivity contribution is 0.108. The minimum atomic E-state index is 0.00709. The van der Waals surface area contributed by atoms with Crippen LogP contribution < -0.4 is 0 Å². The smallest absolute Gasteiger partial charge is 0.222 e. The zero-order chi connectivity index (χ0) is 8.97. The van der Waals surface area contributed by atoms with Gasteiger partial charge in [-0.1, -0.05) is 31.2 Å². The van der Waals surface area contributed by atoms with Gasteiger partial charge in [0.2, 0.25) is 5.52 Å². The fourth-order valence-corrected chi connectivity index (χ4v) is 1.51. The summed E-state index contributed by atoms with van der Waals surface area (Å²) < 4.78 is 0. The molecule has 0 unspecified atom stereocenters. The van der Waals surface area contributed by atoms with Crippen LogP contribution in [0.25, 0.3) is 0 Å². The first-order valence-electron chi connectivity index (χ1n) is 3.74. The number of aryl methyl sites for hydroxylation is 1. The van der Waals surface area contributed by atoms with E-state index in [0.29, 0.717) is 12.9 Å². The third-order valence-corrected chi connectivity index (χ3v) is 2.61. The molecule has 0 atom stereocenters. The van der Waals surface area contributed by atoms with E-state index < -0.39 is 0 Å². The van der Waals surface area contributed by atoms with E-state index in [4.69, 9.17) is 0 Å². The number of carbonyl (C=O) groups excluding carboxylic acids is 1. The average Bonchev–Trinajstić information content (AvgIpc) is 2.17. The van der Waals surface area contributed by atoms with Crippen molar-refractivity contribution in [1.82, 2.24) is 0 Å². The Morgan fingerprint density at radius 3 is 2.42 bits per heavy atom. The van der Waals surface area contributed by atoms with Gasteiger partial charge in [-0.05, 0) is 23.8 Å². The standard InChI is InChI=1S/C9H9OPS/c1-2-7-3-5-8(6-4-7)9(10)11-12/h3-6H,2H2,1H3. The molecule has 62 valence electrons. The van der Waals surface area contributed by atoms with Gasteiger partial charge >= 0.3 is 0 Å². The van der Waals surface area contributed by atoms with Crippen molar-refractivity contribution in [2.75, 3.05) is 0 Å². The molecule has 1 rings (SSSR count). The highest BCUT2D eigenvalue weighted by atomic mass is 32.4. The van der Waals surface area contributed by atoms with Crippen molar-refractivity contribution in [2.45, 2.75) is 13.3 Å². The second-order valence-corrected chi connectivity index (χ2v) is 3.58. The van der Waals surface area contributed by atoms with Gasteiger partial charge in [-0.3, -0.25) is 4.79 Å². The van der Waals surface area contributed by atoms with Gasteiger partial charge in [0.05, 0.1) is 7.36 Å². The van der Waals surface area contributed by atoms with Gasteiger partial charge in [-0.2, -0.15) is 0 Å². The van der Waals surface area contributed by atoms with Crippen molar-refractivity contribution in [3.8, 4) is 0 Å². The van der Waals surface area contributed by atoms with Crippen LogP contribution in [0.5, 0.6) is 0 Å². The summed E-state index contributed by atoms with van der Waals surface area (Å²) in [6.07, 6.45) is 1.00. The highest BCUT2D eigenvalue weighted by Crippen LogP contribution is 2.11. The third kappa shape index (κ3) is 2.20. The van der Waals surface area contributed by atoms with Crippen LogP contribution in [0.15, 0.2) is 24.3 Å². The van der Waals surface area contributed by atoms with Crippen LogP contribution in [0.2, 0.25) is 0 Å². The first-order chi connectivity index (χ1) is 5.77. The summed E-state index contributed by atoms with van der Waals surface area (Å²) in [6, 6.07) is 7.60. The minimum Gasteiger partial charge on any atom is -0.283 e. The predicted octanol–water partition coefficient (Wildman–Crippen LogP) is 2.80. The van der Waals surface area contributed by atoms with Gasteiger partial charge in [0.25, 0.3) is 0 Å². The molecule has 0 heterocycles. The van der Waals surface area contributed by atoms with Gasteiger partial charge in [0.15, 0.2) is 0 Å². The van der Waals surface area contributed by atoms with Gasteiger partial charge in [0.1, 0.15) is 0 Å². The number of benzene rings is 1. The SMILES string of the molecule is CCc1ccc(C(=O)P=S)cc1. The average molecular weight is 196 g/mol. The van der Waals surface area contributed by atoms with Crippen molar-refractivity contribution in [1.29, 1.82) is 0 Å². The zero-order valence-corrected chi connectivity index (χ0v) is 8.49. The van der Waals surface area contributed by atoms with Gasteiger partial charge in [-0.25, -0.2) is 0 Å². The molecule has 0 radical (unpaired) electrons. The van der Waals surface area contributed by atoms with E-state index in [9.17, 15) is 4.79 Å². The molecule has 0 aliphatic heterocycles.